The fraction of sp³-hybridized carbons (Fsp3) is 0.273. The van der Waals surface area contributed by atoms with Crippen molar-refractivity contribution in [1.29, 1.82) is 0 Å². The first-order chi connectivity index (χ1) is 7.68. The summed E-state index contributed by atoms with van der Waals surface area (Å²) in [5.41, 5.74) is 1.18. The minimum atomic E-state index is -0.561. The van der Waals surface area contributed by atoms with E-state index in [0.717, 1.165) is 10.9 Å². The summed E-state index contributed by atoms with van der Waals surface area (Å²) in [4.78, 5) is 11.7. The summed E-state index contributed by atoms with van der Waals surface area (Å²) in [5.74, 6) is -0.279. The van der Waals surface area contributed by atoms with Gasteiger partial charge >= 0.3 is 0 Å². The summed E-state index contributed by atoms with van der Waals surface area (Å²) in [5, 5.41) is 19.2. The Morgan fingerprint density at radius 2 is 2.31 bits per heavy atom. The zero-order valence-electron chi connectivity index (χ0n) is 8.90. The smallest absolute Gasteiger partial charge is 0.272 e. The van der Waals surface area contributed by atoms with E-state index in [4.69, 9.17) is 5.11 Å². The lowest BCUT2D eigenvalue weighted by Gasteiger charge is -2.05. The number of aromatic amines is 1. The van der Waals surface area contributed by atoms with Crippen LogP contribution >= 0.6 is 0 Å². The molecule has 0 aliphatic rings. The molecule has 1 heterocycles. The van der Waals surface area contributed by atoms with Gasteiger partial charge in [0.1, 0.15) is 0 Å². The number of H-pyrrole nitrogens is 1. The third kappa shape index (κ3) is 2.04. The molecule has 5 nitrogen and oxygen atoms in total. The van der Waals surface area contributed by atoms with Gasteiger partial charge in [0.25, 0.3) is 5.91 Å². The molecule has 2 rings (SSSR count). The SMILES string of the molecule is CC(O)CNC(=O)c1n[nH]c2ccccc12. The molecular formula is C11H13N3O2. The van der Waals surface area contributed by atoms with Crippen molar-refractivity contribution >= 4 is 16.8 Å². The number of carbonyl (C=O) groups excluding carboxylic acids is 1. The summed E-state index contributed by atoms with van der Waals surface area (Å²) >= 11 is 0. The largest absolute Gasteiger partial charge is 0.392 e. The zero-order chi connectivity index (χ0) is 11.5. The summed E-state index contributed by atoms with van der Waals surface area (Å²) in [6.07, 6.45) is -0.561. The standard InChI is InChI=1S/C11H13N3O2/c1-7(15)6-12-11(16)10-8-4-2-3-5-9(8)13-14-10/h2-5,7,15H,6H2,1H3,(H,12,16)(H,13,14). The van der Waals surface area contributed by atoms with Crippen molar-refractivity contribution in [2.45, 2.75) is 13.0 Å². The van der Waals surface area contributed by atoms with Gasteiger partial charge in [-0.15, -0.1) is 0 Å². The lowest BCUT2D eigenvalue weighted by atomic mass is 10.2. The molecule has 0 aliphatic heterocycles. The van der Waals surface area contributed by atoms with E-state index in [0.29, 0.717) is 5.69 Å². The van der Waals surface area contributed by atoms with Crippen molar-refractivity contribution in [2.75, 3.05) is 6.54 Å². The van der Waals surface area contributed by atoms with Crippen molar-refractivity contribution in [3.05, 3.63) is 30.0 Å². The van der Waals surface area contributed by atoms with Gasteiger partial charge in [0.2, 0.25) is 0 Å². The Balaban J connectivity index is 2.23. The number of hydrogen-bond donors (Lipinski definition) is 3. The number of amides is 1. The topological polar surface area (TPSA) is 78.0 Å². The van der Waals surface area contributed by atoms with Crippen LogP contribution in [0.15, 0.2) is 24.3 Å². The first-order valence-corrected chi connectivity index (χ1v) is 5.08. The van der Waals surface area contributed by atoms with Crippen LogP contribution in [0.25, 0.3) is 10.9 Å². The van der Waals surface area contributed by atoms with Gasteiger partial charge in [-0.3, -0.25) is 9.89 Å². The average Bonchev–Trinajstić information content (AvgIpc) is 2.69. The highest BCUT2D eigenvalue weighted by molar-refractivity contribution is 6.04. The van der Waals surface area contributed by atoms with Crippen molar-refractivity contribution in [2.24, 2.45) is 0 Å². The number of nitrogens with zero attached hydrogens (tertiary/aromatic N) is 1. The van der Waals surface area contributed by atoms with Crippen LogP contribution in [0.1, 0.15) is 17.4 Å². The number of nitrogens with one attached hydrogen (secondary N) is 2. The molecule has 2 aromatic rings. The molecule has 3 N–H and O–H groups in total. The van der Waals surface area contributed by atoms with E-state index in [1.165, 1.54) is 0 Å². The number of aliphatic hydroxyl groups is 1. The van der Waals surface area contributed by atoms with E-state index in [9.17, 15) is 4.79 Å². The van der Waals surface area contributed by atoms with Gasteiger partial charge in [-0.25, -0.2) is 0 Å². The van der Waals surface area contributed by atoms with E-state index in [2.05, 4.69) is 15.5 Å². The fourth-order valence-corrected chi connectivity index (χ4v) is 1.46. The van der Waals surface area contributed by atoms with E-state index in [-0.39, 0.29) is 12.5 Å². The number of rotatable bonds is 3. The highest BCUT2D eigenvalue weighted by Crippen LogP contribution is 2.14. The van der Waals surface area contributed by atoms with E-state index >= 15 is 0 Å². The van der Waals surface area contributed by atoms with Gasteiger partial charge in [-0.2, -0.15) is 5.10 Å². The lowest BCUT2D eigenvalue weighted by Crippen LogP contribution is -2.30. The van der Waals surface area contributed by atoms with Crippen molar-refractivity contribution in [3.8, 4) is 0 Å². The summed E-state index contributed by atoms with van der Waals surface area (Å²) in [7, 11) is 0. The van der Waals surface area contributed by atoms with E-state index in [1.54, 1.807) is 6.92 Å². The van der Waals surface area contributed by atoms with Crippen LogP contribution in [0.5, 0.6) is 0 Å². The molecule has 1 amide bonds. The molecule has 0 saturated carbocycles. The summed E-state index contributed by atoms with van der Waals surface area (Å²) < 4.78 is 0. The second-order valence-corrected chi connectivity index (χ2v) is 3.68. The maximum atomic E-state index is 11.7. The van der Waals surface area contributed by atoms with Crippen LogP contribution in [0.2, 0.25) is 0 Å². The van der Waals surface area contributed by atoms with Gasteiger partial charge < -0.3 is 10.4 Å². The van der Waals surface area contributed by atoms with Crippen LogP contribution in [-0.4, -0.2) is 33.9 Å². The second-order valence-electron chi connectivity index (χ2n) is 3.68. The molecule has 0 saturated heterocycles. The Labute approximate surface area is 92.5 Å². The molecule has 0 fully saturated rings. The first kappa shape index (κ1) is 10.6. The van der Waals surface area contributed by atoms with Crippen LogP contribution in [-0.2, 0) is 0 Å². The highest BCUT2D eigenvalue weighted by Gasteiger charge is 2.13. The van der Waals surface area contributed by atoms with Crippen LogP contribution in [0.4, 0.5) is 0 Å². The molecule has 1 atom stereocenters. The number of benzene rings is 1. The third-order valence-corrected chi connectivity index (χ3v) is 2.24. The van der Waals surface area contributed by atoms with Crippen LogP contribution in [0, 0.1) is 0 Å². The van der Waals surface area contributed by atoms with Crippen LogP contribution in [0.3, 0.4) is 0 Å². The molecule has 1 aromatic heterocycles. The molecule has 0 spiro atoms. The van der Waals surface area contributed by atoms with Gasteiger partial charge in [0.05, 0.1) is 11.6 Å². The van der Waals surface area contributed by atoms with Crippen molar-refractivity contribution in [3.63, 3.8) is 0 Å². The molecular weight excluding hydrogens is 206 g/mol. The molecule has 5 heteroatoms. The number of aromatic nitrogens is 2. The second kappa shape index (κ2) is 4.32. The van der Waals surface area contributed by atoms with Gasteiger partial charge in [0, 0.05) is 11.9 Å². The van der Waals surface area contributed by atoms with E-state index in [1.807, 2.05) is 24.3 Å². The lowest BCUT2D eigenvalue weighted by molar-refractivity contribution is 0.0920. The van der Waals surface area contributed by atoms with Gasteiger partial charge in [-0.05, 0) is 13.0 Å². The maximum Gasteiger partial charge on any atom is 0.272 e. The summed E-state index contributed by atoms with van der Waals surface area (Å²) in [6, 6.07) is 7.41. The number of carbonyl (C=O) groups is 1. The van der Waals surface area contributed by atoms with E-state index < -0.39 is 6.10 Å². The zero-order valence-corrected chi connectivity index (χ0v) is 8.90. The predicted molar refractivity (Wildman–Crippen MR) is 60.1 cm³/mol. The van der Waals surface area contributed by atoms with Gasteiger partial charge in [0.15, 0.2) is 5.69 Å². The highest BCUT2D eigenvalue weighted by atomic mass is 16.3. The van der Waals surface area contributed by atoms with Crippen molar-refractivity contribution in [1.82, 2.24) is 15.5 Å². The maximum absolute atomic E-state index is 11.7. The number of fused-ring (bicyclic) bond motifs is 1. The Morgan fingerprint density at radius 1 is 1.56 bits per heavy atom. The molecule has 16 heavy (non-hydrogen) atoms. The molecule has 1 unspecified atom stereocenters. The van der Waals surface area contributed by atoms with Crippen LogP contribution < -0.4 is 5.32 Å². The Morgan fingerprint density at radius 3 is 3.06 bits per heavy atom. The monoisotopic (exact) mass is 219 g/mol. The molecule has 0 aliphatic carbocycles. The van der Waals surface area contributed by atoms with Gasteiger partial charge in [-0.1, -0.05) is 18.2 Å². The Hall–Kier alpha value is -1.88. The number of para-hydroxylation sites is 1. The molecule has 0 radical (unpaired) electrons. The first-order valence-electron chi connectivity index (χ1n) is 5.08. The summed E-state index contributed by atoms with van der Waals surface area (Å²) in [6.45, 7) is 1.84. The Kier molecular flexibility index (Phi) is 2.87. The molecule has 0 bridgehead atoms. The fourth-order valence-electron chi connectivity index (χ4n) is 1.46. The third-order valence-electron chi connectivity index (χ3n) is 2.24. The Bertz CT molecular complexity index is 505. The quantitative estimate of drug-likeness (QED) is 0.710. The number of aliphatic hydroxyl groups excluding tert-OH is 1. The number of hydrogen-bond acceptors (Lipinski definition) is 3. The molecule has 84 valence electrons. The average molecular weight is 219 g/mol. The normalized spacial score (nSPS) is 12.6. The minimum Gasteiger partial charge on any atom is -0.392 e. The molecule has 1 aromatic carbocycles. The van der Waals surface area contributed by atoms with Crippen molar-refractivity contribution < 1.29 is 9.90 Å². The minimum absolute atomic E-state index is 0.222. The predicted octanol–water partition coefficient (Wildman–Crippen LogP) is 0.673.